The van der Waals surface area contributed by atoms with Gasteiger partial charge in [0.1, 0.15) is 5.82 Å². The average molecular weight is 393 g/mol. The van der Waals surface area contributed by atoms with E-state index in [2.05, 4.69) is 15.3 Å². The molecule has 1 aromatic heterocycles. The number of H-pyrrole nitrogens is 1. The Morgan fingerprint density at radius 1 is 1.27 bits per heavy atom. The summed E-state index contributed by atoms with van der Waals surface area (Å²) in [7, 11) is 3.01. The number of benzene rings is 2. The third-order valence-electron chi connectivity index (χ3n) is 3.54. The molecule has 0 amide bonds. The molecular weight excluding hydrogens is 379 g/mol. The van der Waals surface area contributed by atoms with Crippen LogP contribution < -0.4 is 9.47 Å². The maximum Gasteiger partial charge on any atom is 0.216 e. The van der Waals surface area contributed by atoms with Gasteiger partial charge in [-0.1, -0.05) is 23.7 Å². The van der Waals surface area contributed by atoms with Gasteiger partial charge in [-0.25, -0.2) is 9.49 Å². The monoisotopic (exact) mass is 392 g/mol. The van der Waals surface area contributed by atoms with E-state index in [4.69, 9.17) is 33.3 Å². The number of rotatable bonds is 5. The summed E-state index contributed by atoms with van der Waals surface area (Å²) in [5.41, 5.74) is 0.928. The second kappa shape index (κ2) is 7.67. The van der Waals surface area contributed by atoms with Gasteiger partial charge in [0.25, 0.3) is 0 Å². The number of nitrogens with one attached hydrogen (secondary N) is 1. The molecule has 0 saturated heterocycles. The van der Waals surface area contributed by atoms with Crippen molar-refractivity contribution in [1.29, 1.82) is 0 Å². The van der Waals surface area contributed by atoms with Crippen LogP contribution in [0.4, 0.5) is 4.39 Å². The Kier molecular flexibility index (Phi) is 5.34. The lowest BCUT2D eigenvalue weighted by molar-refractivity contribution is 0.355. The first-order valence-electron chi connectivity index (χ1n) is 7.43. The molecule has 2 aromatic carbocycles. The normalized spacial score (nSPS) is 11.1. The van der Waals surface area contributed by atoms with E-state index in [1.54, 1.807) is 30.3 Å². The lowest BCUT2D eigenvalue weighted by Gasteiger charge is -2.10. The highest BCUT2D eigenvalue weighted by Crippen LogP contribution is 2.35. The van der Waals surface area contributed by atoms with Gasteiger partial charge in [-0.05, 0) is 42.0 Å². The lowest BCUT2D eigenvalue weighted by atomic mass is 10.2. The predicted octanol–water partition coefficient (Wildman–Crippen LogP) is 4.30. The van der Waals surface area contributed by atoms with Gasteiger partial charge in [-0.15, -0.1) is 0 Å². The highest BCUT2D eigenvalue weighted by atomic mass is 35.5. The van der Waals surface area contributed by atoms with Crippen LogP contribution in [-0.4, -0.2) is 35.3 Å². The van der Waals surface area contributed by atoms with E-state index < -0.39 is 5.82 Å². The van der Waals surface area contributed by atoms with E-state index in [0.29, 0.717) is 22.1 Å². The fourth-order valence-corrected chi connectivity index (χ4v) is 2.83. The molecule has 0 unspecified atom stereocenters. The molecule has 9 heteroatoms. The van der Waals surface area contributed by atoms with Crippen LogP contribution >= 0.6 is 23.8 Å². The van der Waals surface area contributed by atoms with Crippen LogP contribution in [0.2, 0.25) is 5.02 Å². The molecule has 0 fully saturated rings. The Morgan fingerprint density at radius 2 is 2.04 bits per heavy atom. The minimum atomic E-state index is -0.424. The Bertz CT molecular complexity index is 1030. The molecule has 6 nitrogen and oxygen atoms in total. The number of ether oxygens (including phenoxy) is 2. The first-order chi connectivity index (χ1) is 12.5. The van der Waals surface area contributed by atoms with Crippen LogP contribution in [0.3, 0.4) is 0 Å². The third-order valence-corrected chi connectivity index (χ3v) is 4.09. The molecule has 1 N–H and O–H groups in total. The molecule has 0 aliphatic rings. The highest BCUT2D eigenvalue weighted by Gasteiger charge is 2.13. The summed E-state index contributed by atoms with van der Waals surface area (Å²) in [5, 5.41) is 11.3. The number of hydrogen-bond donors (Lipinski definition) is 1. The Labute approximate surface area is 158 Å². The quantitative estimate of drug-likeness (QED) is 0.519. The van der Waals surface area contributed by atoms with Gasteiger partial charge >= 0.3 is 0 Å². The van der Waals surface area contributed by atoms with E-state index in [-0.39, 0.29) is 16.2 Å². The van der Waals surface area contributed by atoms with Crippen molar-refractivity contribution in [3.63, 3.8) is 0 Å². The van der Waals surface area contributed by atoms with Crippen LogP contribution in [0, 0.1) is 10.6 Å². The van der Waals surface area contributed by atoms with Crippen molar-refractivity contribution in [3.8, 4) is 22.9 Å². The Hall–Kier alpha value is -2.71. The summed E-state index contributed by atoms with van der Waals surface area (Å²) >= 11 is 11.4. The zero-order chi connectivity index (χ0) is 18.7. The molecule has 0 atom stereocenters. The summed E-state index contributed by atoms with van der Waals surface area (Å²) in [4.78, 5) is 0. The summed E-state index contributed by atoms with van der Waals surface area (Å²) in [6, 6.07) is 9.62. The van der Waals surface area contributed by atoms with Gasteiger partial charge in [-0.2, -0.15) is 14.9 Å². The van der Waals surface area contributed by atoms with Crippen molar-refractivity contribution in [3.05, 3.63) is 57.6 Å². The van der Waals surface area contributed by atoms with Gasteiger partial charge in [0.05, 0.1) is 31.0 Å². The van der Waals surface area contributed by atoms with Crippen LogP contribution in [0.1, 0.15) is 5.56 Å². The summed E-state index contributed by atoms with van der Waals surface area (Å²) in [5.74, 6) is 0.730. The number of aromatic amines is 1. The molecule has 3 aromatic rings. The fraction of sp³-hybridized carbons (Fsp3) is 0.118. The van der Waals surface area contributed by atoms with Gasteiger partial charge < -0.3 is 9.47 Å². The standard InChI is InChI=1S/C17H14ClFN4O2S/c1-24-14-8-10(7-12(18)15(14)25-2)9-20-23-16(21-22-17(23)26)11-5-3-4-6-13(11)19/h3-9H,1-2H3,(H,22,26)/b20-9-. The van der Waals surface area contributed by atoms with E-state index >= 15 is 0 Å². The van der Waals surface area contributed by atoms with Crippen molar-refractivity contribution >= 4 is 30.0 Å². The van der Waals surface area contributed by atoms with E-state index in [1.807, 2.05) is 0 Å². The number of halogens is 2. The van der Waals surface area contributed by atoms with Crippen LogP contribution in [0.5, 0.6) is 11.5 Å². The summed E-state index contributed by atoms with van der Waals surface area (Å²) in [6.45, 7) is 0. The van der Waals surface area contributed by atoms with Crippen molar-refractivity contribution in [2.45, 2.75) is 0 Å². The minimum Gasteiger partial charge on any atom is -0.493 e. The number of methoxy groups -OCH3 is 2. The van der Waals surface area contributed by atoms with E-state index in [1.165, 1.54) is 31.2 Å². The molecule has 134 valence electrons. The number of nitrogens with zero attached hydrogens (tertiary/aromatic N) is 3. The van der Waals surface area contributed by atoms with Crippen molar-refractivity contribution in [2.24, 2.45) is 5.10 Å². The summed E-state index contributed by atoms with van der Waals surface area (Å²) in [6.07, 6.45) is 1.52. The van der Waals surface area contributed by atoms with Gasteiger partial charge in [0.15, 0.2) is 17.3 Å². The molecule has 0 radical (unpaired) electrons. The number of hydrogen-bond acceptors (Lipinski definition) is 5. The Morgan fingerprint density at radius 3 is 2.73 bits per heavy atom. The largest absolute Gasteiger partial charge is 0.493 e. The molecule has 3 rings (SSSR count). The second-order valence-electron chi connectivity index (χ2n) is 5.13. The maximum absolute atomic E-state index is 14.1. The molecule has 0 bridgehead atoms. The highest BCUT2D eigenvalue weighted by molar-refractivity contribution is 7.71. The van der Waals surface area contributed by atoms with Gasteiger partial charge in [0.2, 0.25) is 4.77 Å². The Balaban J connectivity index is 2.03. The van der Waals surface area contributed by atoms with E-state index in [9.17, 15) is 4.39 Å². The third kappa shape index (κ3) is 3.47. The SMILES string of the molecule is COc1cc(/C=N\n2c(-c3ccccc3F)n[nH]c2=S)cc(Cl)c1OC. The molecule has 26 heavy (non-hydrogen) atoms. The van der Waals surface area contributed by atoms with Gasteiger partial charge in [0, 0.05) is 0 Å². The molecule has 0 aliphatic heterocycles. The van der Waals surface area contributed by atoms with E-state index in [0.717, 1.165) is 0 Å². The zero-order valence-electron chi connectivity index (χ0n) is 13.9. The zero-order valence-corrected chi connectivity index (χ0v) is 15.4. The molecule has 0 aliphatic carbocycles. The van der Waals surface area contributed by atoms with Crippen LogP contribution in [0.15, 0.2) is 41.5 Å². The first-order valence-corrected chi connectivity index (χ1v) is 8.22. The topological polar surface area (TPSA) is 64.4 Å². The van der Waals surface area contributed by atoms with Crippen molar-refractivity contribution < 1.29 is 13.9 Å². The molecular formula is C17H14ClFN4O2S. The van der Waals surface area contributed by atoms with Gasteiger partial charge in [-0.3, -0.25) is 0 Å². The number of aromatic nitrogens is 3. The molecule has 0 spiro atoms. The first kappa shape index (κ1) is 18.1. The fourth-order valence-electron chi connectivity index (χ4n) is 2.35. The van der Waals surface area contributed by atoms with Crippen molar-refractivity contribution in [1.82, 2.24) is 14.9 Å². The average Bonchev–Trinajstić information content (AvgIpc) is 3.00. The maximum atomic E-state index is 14.1. The summed E-state index contributed by atoms with van der Waals surface area (Å²) < 4.78 is 26.1. The smallest absolute Gasteiger partial charge is 0.216 e. The molecule has 1 heterocycles. The minimum absolute atomic E-state index is 0.228. The lowest BCUT2D eigenvalue weighted by Crippen LogP contribution is -1.98. The predicted molar refractivity (Wildman–Crippen MR) is 100 cm³/mol. The van der Waals surface area contributed by atoms with Crippen LogP contribution in [-0.2, 0) is 0 Å². The second-order valence-corrected chi connectivity index (χ2v) is 5.92. The molecule has 0 saturated carbocycles. The van der Waals surface area contributed by atoms with Crippen molar-refractivity contribution in [2.75, 3.05) is 14.2 Å². The van der Waals surface area contributed by atoms with Crippen LogP contribution in [0.25, 0.3) is 11.4 Å².